The first-order valence-electron chi connectivity index (χ1n) is 5.21. The van der Waals surface area contributed by atoms with E-state index in [9.17, 15) is 0 Å². The Balaban J connectivity index is 1.83. The van der Waals surface area contributed by atoms with E-state index < -0.39 is 0 Å². The Kier molecular flexibility index (Phi) is 2.89. The molecular weight excluding hydrogens is 178 g/mol. The minimum atomic E-state index is 0.0571. The fourth-order valence-corrected chi connectivity index (χ4v) is 1.92. The molecule has 14 heavy (non-hydrogen) atoms. The SMILES string of the molecule is NCCC1(OCc2ccco2)CCC1. The quantitative estimate of drug-likeness (QED) is 0.782. The highest BCUT2D eigenvalue weighted by Crippen LogP contribution is 2.38. The molecule has 0 unspecified atom stereocenters. The van der Waals surface area contributed by atoms with E-state index in [1.54, 1.807) is 6.26 Å². The number of rotatable bonds is 5. The van der Waals surface area contributed by atoms with Gasteiger partial charge in [0.1, 0.15) is 12.4 Å². The van der Waals surface area contributed by atoms with Crippen molar-refractivity contribution in [2.45, 2.75) is 37.9 Å². The van der Waals surface area contributed by atoms with Crippen LogP contribution in [0.25, 0.3) is 0 Å². The van der Waals surface area contributed by atoms with Gasteiger partial charge in [-0.3, -0.25) is 0 Å². The van der Waals surface area contributed by atoms with Crippen LogP contribution in [-0.2, 0) is 11.3 Å². The molecular formula is C11H17NO2. The molecule has 0 amide bonds. The molecule has 0 spiro atoms. The summed E-state index contributed by atoms with van der Waals surface area (Å²) in [5.41, 5.74) is 5.63. The molecule has 2 N–H and O–H groups in total. The minimum absolute atomic E-state index is 0.0571. The molecule has 78 valence electrons. The van der Waals surface area contributed by atoms with Gasteiger partial charge in [0.15, 0.2) is 0 Å². The number of furan rings is 1. The summed E-state index contributed by atoms with van der Waals surface area (Å²) in [5.74, 6) is 0.897. The Morgan fingerprint density at radius 3 is 2.86 bits per heavy atom. The maximum atomic E-state index is 5.88. The molecule has 0 aliphatic heterocycles. The van der Waals surface area contributed by atoms with Crippen LogP contribution in [0.5, 0.6) is 0 Å². The topological polar surface area (TPSA) is 48.4 Å². The summed E-state index contributed by atoms with van der Waals surface area (Å²) in [6.45, 7) is 1.28. The average molecular weight is 195 g/mol. The molecule has 3 nitrogen and oxygen atoms in total. The fraction of sp³-hybridized carbons (Fsp3) is 0.636. The second-order valence-corrected chi connectivity index (χ2v) is 3.94. The molecule has 1 aliphatic rings. The van der Waals surface area contributed by atoms with E-state index in [0.29, 0.717) is 13.2 Å². The molecule has 1 aromatic heterocycles. The first kappa shape index (κ1) is 9.74. The second-order valence-electron chi connectivity index (χ2n) is 3.94. The van der Waals surface area contributed by atoms with Gasteiger partial charge >= 0.3 is 0 Å². The van der Waals surface area contributed by atoms with E-state index in [1.807, 2.05) is 12.1 Å². The normalized spacial score (nSPS) is 19.2. The highest BCUT2D eigenvalue weighted by Gasteiger charge is 2.37. The van der Waals surface area contributed by atoms with Crippen LogP contribution in [0.15, 0.2) is 22.8 Å². The Morgan fingerprint density at radius 1 is 1.50 bits per heavy atom. The Bertz CT molecular complexity index is 265. The van der Waals surface area contributed by atoms with Crippen molar-refractivity contribution in [2.75, 3.05) is 6.54 Å². The van der Waals surface area contributed by atoms with Crippen LogP contribution in [0.3, 0.4) is 0 Å². The number of ether oxygens (including phenoxy) is 1. The molecule has 2 rings (SSSR count). The lowest BCUT2D eigenvalue weighted by atomic mass is 9.77. The third-order valence-corrected chi connectivity index (χ3v) is 2.97. The van der Waals surface area contributed by atoms with Gasteiger partial charge in [-0.2, -0.15) is 0 Å². The molecule has 3 heteroatoms. The molecule has 0 bridgehead atoms. The lowest BCUT2D eigenvalue weighted by molar-refractivity contribution is -0.117. The first-order valence-corrected chi connectivity index (χ1v) is 5.21. The van der Waals surface area contributed by atoms with Crippen molar-refractivity contribution in [1.82, 2.24) is 0 Å². The highest BCUT2D eigenvalue weighted by atomic mass is 16.5. The average Bonchev–Trinajstić information content (AvgIpc) is 2.62. The van der Waals surface area contributed by atoms with Crippen LogP contribution in [0.2, 0.25) is 0 Å². The second kappa shape index (κ2) is 4.15. The van der Waals surface area contributed by atoms with E-state index >= 15 is 0 Å². The van der Waals surface area contributed by atoms with Crippen LogP contribution in [0, 0.1) is 0 Å². The fourth-order valence-electron chi connectivity index (χ4n) is 1.92. The standard InChI is InChI=1S/C11H17NO2/c12-7-6-11(4-2-5-11)14-9-10-3-1-8-13-10/h1,3,8H,2,4-7,9,12H2. The first-order chi connectivity index (χ1) is 6.85. The lowest BCUT2D eigenvalue weighted by Gasteiger charge is -2.41. The van der Waals surface area contributed by atoms with Crippen molar-refractivity contribution < 1.29 is 9.15 Å². The third kappa shape index (κ3) is 1.99. The molecule has 0 radical (unpaired) electrons. The maximum absolute atomic E-state index is 5.88. The summed E-state index contributed by atoms with van der Waals surface area (Å²) >= 11 is 0. The van der Waals surface area contributed by atoms with Crippen molar-refractivity contribution >= 4 is 0 Å². The number of hydrogen-bond donors (Lipinski definition) is 1. The van der Waals surface area contributed by atoms with Gasteiger partial charge < -0.3 is 14.9 Å². The van der Waals surface area contributed by atoms with Crippen molar-refractivity contribution in [1.29, 1.82) is 0 Å². The van der Waals surface area contributed by atoms with Crippen LogP contribution >= 0.6 is 0 Å². The van der Waals surface area contributed by atoms with E-state index in [4.69, 9.17) is 14.9 Å². The zero-order valence-electron chi connectivity index (χ0n) is 8.37. The van der Waals surface area contributed by atoms with Gasteiger partial charge in [0.25, 0.3) is 0 Å². The molecule has 0 atom stereocenters. The van der Waals surface area contributed by atoms with E-state index in [-0.39, 0.29) is 5.60 Å². The third-order valence-electron chi connectivity index (χ3n) is 2.97. The molecule has 1 aromatic rings. The van der Waals surface area contributed by atoms with Crippen molar-refractivity contribution in [2.24, 2.45) is 5.73 Å². The van der Waals surface area contributed by atoms with Gasteiger partial charge in [0, 0.05) is 0 Å². The Morgan fingerprint density at radius 2 is 2.36 bits per heavy atom. The van der Waals surface area contributed by atoms with Crippen LogP contribution in [0.1, 0.15) is 31.4 Å². The molecule has 0 saturated heterocycles. The molecule has 0 aromatic carbocycles. The van der Waals surface area contributed by atoms with E-state index in [1.165, 1.54) is 6.42 Å². The zero-order valence-corrected chi connectivity index (χ0v) is 8.37. The smallest absolute Gasteiger partial charge is 0.129 e. The summed E-state index contributed by atoms with van der Waals surface area (Å²) in [5, 5.41) is 0. The molecule has 1 heterocycles. The summed E-state index contributed by atoms with van der Waals surface area (Å²) < 4.78 is 11.1. The largest absolute Gasteiger partial charge is 0.467 e. The summed E-state index contributed by atoms with van der Waals surface area (Å²) in [6.07, 6.45) is 6.19. The monoisotopic (exact) mass is 195 g/mol. The lowest BCUT2D eigenvalue weighted by Crippen LogP contribution is -2.41. The van der Waals surface area contributed by atoms with Gasteiger partial charge in [0.2, 0.25) is 0 Å². The summed E-state index contributed by atoms with van der Waals surface area (Å²) in [4.78, 5) is 0. The van der Waals surface area contributed by atoms with Gasteiger partial charge in [0.05, 0.1) is 11.9 Å². The summed E-state index contributed by atoms with van der Waals surface area (Å²) in [6, 6.07) is 3.82. The van der Waals surface area contributed by atoms with Crippen LogP contribution in [-0.4, -0.2) is 12.1 Å². The molecule has 1 aliphatic carbocycles. The van der Waals surface area contributed by atoms with Crippen LogP contribution in [0.4, 0.5) is 0 Å². The maximum Gasteiger partial charge on any atom is 0.129 e. The van der Waals surface area contributed by atoms with E-state index in [0.717, 1.165) is 25.0 Å². The van der Waals surface area contributed by atoms with Gasteiger partial charge in [-0.1, -0.05) is 0 Å². The van der Waals surface area contributed by atoms with Crippen molar-refractivity contribution in [3.8, 4) is 0 Å². The van der Waals surface area contributed by atoms with Gasteiger partial charge in [-0.15, -0.1) is 0 Å². The zero-order chi connectivity index (χ0) is 9.86. The highest BCUT2D eigenvalue weighted by molar-refractivity contribution is 4.98. The summed E-state index contributed by atoms with van der Waals surface area (Å²) in [7, 11) is 0. The number of nitrogens with two attached hydrogens (primary N) is 1. The van der Waals surface area contributed by atoms with E-state index in [2.05, 4.69) is 0 Å². The van der Waals surface area contributed by atoms with Crippen molar-refractivity contribution in [3.05, 3.63) is 24.2 Å². The predicted octanol–water partition coefficient (Wildman–Crippen LogP) is 2.07. The Hall–Kier alpha value is -0.800. The Labute approximate surface area is 84.2 Å². The van der Waals surface area contributed by atoms with Crippen LogP contribution < -0.4 is 5.73 Å². The van der Waals surface area contributed by atoms with Crippen molar-refractivity contribution in [3.63, 3.8) is 0 Å². The van der Waals surface area contributed by atoms with Gasteiger partial charge in [-0.25, -0.2) is 0 Å². The molecule has 1 fully saturated rings. The minimum Gasteiger partial charge on any atom is -0.467 e. The number of hydrogen-bond acceptors (Lipinski definition) is 3. The predicted molar refractivity (Wildman–Crippen MR) is 53.8 cm³/mol. The molecule has 1 saturated carbocycles. The van der Waals surface area contributed by atoms with Gasteiger partial charge in [-0.05, 0) is 44.4 Å².